The van der Waals surface area contributed by atoms with Crippen molar-refractivity contribution in [2.75, 3.05) is 23.4 Å². The third-order valence-electron chi connectivity index (χ3n) is 1.80. The summed E-state index contributed by atoms with van der Waals surface area (Å²) in [5.41, 5.74) is 6.07. The summed E-state index contributed by atoms with van der Waals surface area (Å²) in [5, 5.41) is 13.3. The van der Waals surface area contributed by atoms with Crippen molar-refractivity contribution in [1.82, 2.24) is 0 Å². The SMILES string of the molecule is N#CSc1ccc(NC(=O)CSCCN)cc1. The van der Waals surface area contributed by atoms with Crippen LogP contribution in [0.15, 0.2) is 29.2 Å². The molecule has 0 aromatic heterocycles. The molecule has 0 saturated heterocycles. The van der Waals surface area contributed by atoms with E-state index in [1.165, 1.54) is 11.8 Å². The van der Waals surface area contributed by atoms with Crippen LogP contribution in [0.5, 0.6) is 0 Å². The van der Waals surface area contributed by atoms with E-state index in [9.17, 15) is 4.79 Å². The van der Waals surface area contributed by atoms with Crippen molar-refractivity contribution < 1.29 is 4.79 Å². The topological polar surface area (TPSA) is 78.9 Å². The number of thiocyanates is 1. The first-order valence-corrected chi connectivity index (χ1v) is 6.97. The predicted octanol–water partition coefficient (Wildman–Crippen LogP) is 1.89. The Bertz CT molecular complexity index is 400. The highest BCUT2D eigenvalue weighted by molar-refractivity contribution is 8.03. The Morgan fingerprint density at radius 3 is 2.71 bits per heavy atom. The molecule has 1 amide bonds. The first-order valence-electron chi connectivity index (χ1n) is 5.00. The van der Waals surface area contributed by atoms with Crippen LogP contribution in [0.2, 0.25) is 0 Å². The molecule has 0 aliphatic heterocycles. The molecule has 1 rings (SSSR count). The van der Waals surface area contributed by atoms with Crippen LogP contribution in [-0.2, 0) is 4.79 Å². The van der Waals surface area contributed by atoms with Gasteiger partial charge in [-0.3, -0.25) is 4.79 Å². The lowest BCUT2D eigenvalue weighted by Gasteiger charge is -2.05. The lowest BCUT2D eigenvalue weighted by molar-refractivity contribution is -0.113. The number of amides is 1. The lowest BCUT2D eigenvalue weighted by atomic mass is 10.3. The predicted molar refractivity (Wildman–Crippen MR) is 72.9 cm³/mol. The Kier molecular flexibility index (Phi) is 6.55. The van der Waals surface area contributed by atoms with Crippen LogP contribution in [0.4, 0.5) is 5.69 Å². The molecule has 0 atom stereocenters. The van der Waals surface area contributed by atoms with Crippen LogP contribution in [0.25, 0.3) is 0 Å². The maximum Gasteiger partial charge on any atom is 0.234 e. The van der Waals surface area contributed by atoms with E-state index in [1.54, 1.807) is 24.3 Å². The minimum Gasteiger partial charge on any atom is -0.330 e. The molecule has 0 unspecified atom stereocenters. The van der Waals surface area contributed by atoms with Crippen molar-refractivity contribution in [2.24, 2.45) is 5.73 Å². The normalized spacial score (nSPS) is 9.65. The fourth-order valence-electron chi connectivity index (χ4n) is 1.10. The fraction of sp³-hybridized carbons (Fsp3) is 0.273. The molecule has 0 saturated carbocycles. The molecule has 90 valence electrons. The summed E-state index contributed by atoms with van der Waals surface area (Å²) < 4.78 is 0. The molecule has 1 aromatic carbocycles. The number of hydrogen-bond acceptors (Lipinski definition) is 5. The number of nitriles is 1. The largest absolute Gasteiger partial charge is 0.330 e. The van der Waals surface area contributed by atoms with Gasteiger partial charge >= 0.3 is 0 Å². The monoisotopic (exact) mass is 267 g/mol. The van der Waals surface area contributed by atoms with E-state index >= 15 is 0 Å². The average Bonchev–Trinajstić information content (AvgIpc) is 2.32. The molecule has 3 N–H and O–H groups in total. The summed E-state index contributed by atoms with van der Waals surface area (Å²) in [5.74, 6) is 1.15. The van der Waals surface area contributed by atoms with E-state index in [2.05, 4.69) is 5.32 Å². The minimum absolute atomic E-state index is 0.0378. The number of rotatable bonds is 6. The molecule has 0 bridgehead atoms. The molecule has 4 nitrogen and oxygen atoms in total. The zero-order valence-electron chi connectivity index (χ0n) is 9.18. The van der Waals surface area contributed by atoms with Gasteiger partial charge in [-0.05, 0) is 36.0 Å². The van der Waals surface area contributed by atoms with Gasteiger partial charge in [0.25, 0.3) is 0 Å². The molecule has 0 fully saturated rings. The smallest absolute Gasteiger partial charge is 0.234 e. The van der Waals surface area contributed by atoms with Gasteiger partial charge in [-0.15, -0.1) is 0 Å². The van der Waals surface area contributed by atoms with Crippen LogP contribution in [0, 0.1) is 10.7 Å². The summed E-state index contributed by atoms with van der Waals surface area (Å²) in [6.07, 6.45) is 0. The summed E-state index contributed by atoms with van der Waals surface area (Å²) in [6, 6.07) is 7.17. The van der Waals surface area contributed by atoms with Crippen molar-refractivity contribution in [3.63, 3.8) is 0 Å². The Morgan fingerprint density at radius 1 is 1.41 bits per heavy atom. The molecule has 0 heterocycles. The minimum atomic E-state index is -0.0378. The van der Waals surface area contributed by atoms with Crippen LogP contribution in [0.1, 0.15) is 0 Å². The Labute approximate surface area is 109 Å². The number of nitrogens with zero attached hydrogens (tertiary/aromatic N) is 1. The number of carbonyl (C=O) groups is 1. The lowest BCUT2D eigenvalue weighted by Crippen LogP contribution is -2.15. The first kappa shape index (κ1) is 13.9. The Morgan fingerprint density at radius 2 is 2.12 bits per heavy atom. The average molecular weight is 267 g/mol. The summed E-state index contributed by atoms with van der Waals surface area (Å²) in [4.78, 5) is 12.3. The molecule has 6 heteroatoms. The zero-order chi connectivity index (χ0) is 12.5. The van der Waals surface area contributed by atoms with Gasteiger partial charge in [0.1, 0.15) is 5.40 Å². The fourth-order valence-corrected chi connectivity index (χ4v) is 2.05. The molecule has 0 spiro atoms. The third kappa shape index (κ3) is 5.63. The molecule has 0 aliphatic rings. The van der Waals surface area contributed by atoms with Gasteiger partial charge in [-0.25, -0.2) is 0 Å². The first-order chi connectivity index (χ1) is 8.26. The van der Waals surface area contributed by atoms with Gasteiger partial charge < -0.3 is 11.1 Å². The molecular weight excluding hydrogens is 254 g/mol. The van der Waals surface area contributed by atoms with Crippen molar-refractivity contribution in [1.29, 1.82) is 5.26 Å². The number of nitrogens with two attached hydrogens (primary N) is 1. The highest BCUT2D eigenvalue weighted by Crippen LogP contribution is 2.19. The molecule has 0 radical (unpaired) electrons. The maximum atomic E-state index is 11.5. The standard InChI is InChI=1S/C11H13N3OS2/c12-5-6-16-7-11(15)14-9-1-3-10(4-2-9)17-8-13/h1-4H,5-7,12H2,(H,14,15). The van der Waals surface area contributed by atoms with E-state index in [0.717, 1.165) is 28.1 Å². The number of anilines is 1. The molecular formula is C11H13N3OS2. The van der Waals surface area contributed by atoms with Gasteiger partial charge in [0.15, 0.2) is 0 Å². The Hall–Kier alpha value is -1.16. The van der Waals surface area contributed by atoms with E-state index < -0.39 is 0 Å². The summed E-state index contributed by atoms with van der Waals surface area (Å²) in [6.45, 7) is 0.581. The van der Waals surface area contributed by atoms with Gasteiger partial charge in [-0.2, -0.15) is 17.0 Å². The highest BCUT2D eigenvalue weighted by atomic mass is 32.2. The van der Waals surface area contributed by atoms with Crippen LogP contribution in [0.3, 0.4) is 0 Å². The van der Waals surface area contributed by atoms with E-state index in [-0.39, 0.29) is 5.91 Å². The number of carbonyl (C=O) groups excluding carboxylic acids is 1. The zero-order valence-corrected chi connectivity index (χ0v) is 10.8. The summed E-state index contributed by atoms with van der Waals surface area (Å²) in [7, 11) is 0. The van der Waals surface area contributed by atoms with Crippen molar-refractivity contribution in [3.05, 3.63) is 24.3 Å². The van der Waals surface area contributed by atoms with Gasteiger partial charge in [-0.1, -0.05) is 0 Å². The quantitative estimate of drug-likeness (QED) is 0.467. The van der Waals surface area contributed by atoms with Crippen molar-refractivity contribution in [3.8, 4) is 5.40 Å². The number of benzene rings is 1. The van der Waals surface area contributed by atoms with E-state index in [0.29, 0.717) is 12.3 Å². The number of hydrogen-bond donors (Lipinski definition) is 2. The van der Waals surface area contributed by atoms with Gasteiger partial charge in [0.2, 0.25) is 5.91 Å². The van der Waals surface area contributed by atoms with Crippen LogP contribution < -0.4 is 11.1 Å². The number of nitrogens with one attached hydrogen (secondary N) is 1. The van der Waals surface area contributed by atoms with Gasteiger partial charge in [0, 0.05) is 22.9 Å². The van der Waals surface area contributed by atoms with E-state index in [4.69, 9.17) is 11.0 Å². The molecule has 1 aromatic rings. The summed E-state index contributed by atoms with van der Waals surface area (Å²) >= 11 is 2.60. The van der Waals surface area contributed by atoms with Crippen LogP contribution >= 0.6 is 23.5 Å². The van der Waals surface area contributed by atoms with Crippen LogP contribution in [-0.4, -0.2) is 24.0 Å². The second-order valence-corrected chi connectivity index (χ2v) is 5.07. The molecule has 0 aliphatic carbocycles. The van der Waals surface area contributed by atoms with Crippen molar-refractivity contribution in [2.45, 2.75) is 4.90 Å². The van der Waals surface area contributed by atoms with Gasteiger partial charge in [0.05, 0.1) is 5.75 Å². The molecule has 17 heavy (non-hydrogen) atoms. The Balaban J connectivity index is 2.41. The second-order valence-electron chi connectivity index (χ2n) is 3.11. The van der Waals surface area contributed by atoms with Crippen molar-refractivity contribution >= 4 is 35.1 Å². The number of thioether (sulfide) groups is 2. The maximum absolute atomic E-state index is 11.5. The highest BCUT2D eigenvalue weighted by Gasteiger charge is 2.02. The second kappa shape index (κ2) is 8.01. The van der Waals surface area contributed by atoms with E-state index in [1.807, 2.05) is 5.40 Å². The third-order valence-corrected chi connectivity index (χ3v) is 3.39.